The molecular formula is C13H23N3O4S. The van der Waals surface area contributed by atoms with Crippen molar-refractivity contribution in [3.05, 3.63) is 18.0 Å². The fraction of sp³-hybridized carbons (Fsp3) is 0.615. The molecule has 0 spiro atoms. The zero-order valence-electron chi connectivity index (χ0n) is 12.8. The third-order valence-electron chi connectivity index (χ3n) is 3.76. The van der Waals surface area contributed by atoms with Crippen LogP contribution in [-0.2, 0) is 17.1 Å². The average Bonchev–Trinajstić information content (AvgIpc) is 2.87. The number of rotatable bonds is 7. The van der Waals surface area contributed by atoms with Gasteiger partial charge in [0.2, 0.25) is 10.0 Å². The Labute approximate surface area is 125 Å². The summed E-state index contributed by atoms with van der Waals surface area (Å²) in [5.74, 6) is -0.363. The van der Waals surface area contributed by atoms with Gasteiger partial charge in [-0.05, 0) is 18.9 Å². The largest absolute Gasteiger partial charge is 0.394 e. The summed E-state index contributed by atoms with van der Waals surface area (Å²) in [5, 5.41) is 11.9. The van der Waals surface area contributed by atoms with E-state index in [1.54, 1.807) is 7.05 Å². The molecule has 1 aromatic rings. The van der Waals surface area contributed by atoms with Crippen molar-refractivity contribution in [1.29, 1.82) is 0 Å². The molecule has 1 rings (SSSR count). The van der Waals surface area contributed by atoms with E-state index in [9.17, 15) is 18.3 Å². The molecule has 21 heavy (non-hydrogen) atoms. The first-order valence-corrected chi connectivity index (χ1v) is 8.27. The first-order valence-electron chi connectivity index (χ1n) is 6.78. The molecule has 3 N–H and O–H groups in total. The fourth-order valence-corrected chi connectivity index (χ4v) is 3.63. The van der Waals surface area contributed by atoms with E-state index in [1.807, 2.05) is 13.8 Å². The van der Waals surface area contributed by atoms with Crippen molar-refractivity contribution in [2.75, 3.05) is 13.7 Å². The standard InChI is InChI=1S/C13H23N3O4S/c1-5-13(6-2,9-17)15-21(19,20)10-7-11(12(18)14-3)16(4)8-10/h7-8,15,17H,5-6,9H2,1-4H3,(H,14,18). The Morgan fingerprint density at radius 2 is 1.95 bits per heavy atom. The maximum absolute atomic E-state index is 12.4. The third-order valence-corrected chi connectivity index (χ3v) is 5.30. The number of carbonyl (C=O) groups excluding carboxylic acids is 1. The van der Waals surface area contributed by atoms with Crippen LogP contribution >= 0.6 is 0 Å². The molecule has 1 heterocycles. The number of hydrogen-bond donors (Lipinski definition) is 3. The van der Waals surface area contributed by atoms with E-state index in [2.05, 4.69) is 10.0 Å². The molecule has 1 aromatic heterocycles. The van der Waals surface area contributed by atoms with Crippen LogP contribution in [0.25, 0.3) is 0 Å². The van der Waals surface area contributed by atoms with E-state index in [4.69, 9.17) is 0 Å². The molecule has 0 unspecified atom stereocenters. The summed E-state index contributed by atoms with van der Waals surface area (Å²) in [5.41, 5.74) is -0.637. The van der Waals surface area contributed by atoms with Crippen LogP contribution in [-0.4, -0.2) is 43.2 Å². The second kappa shape index (κ2) is 6.59. The quantitative estimate of drug-likeness (QED) is 0.669. The second-order valence-electron chi connectivity index (χ2n) is 5.00. The maximum atomic E-state index is 12.4. The third kappa shape index (κ3) is 3.63. The monoisotopic (exact) mass is 317 g/mol. The lowest BCUT2D eigenvalue weighted by atomic mass is 9.96. The molecule has 8 heteroatoms. The minimum atomic E-state index is -3.81. The normalized spacial score (nSPS) is 12.4. The molecule has 0 radical (unpaired) electrons. The van der Waals surface area contributed by atoms with Gasteiger partial charge in [0.05, 0.1) is 12.1 Å². The molecular weight excluding hydrogens is 294 g/mol. The summed E-state index contributed by atoms with van der Waals surface area (Å²) in [6.07, 6.45) is 2.31. The highest BCUT2D eigenvalue weighted by Crippen LogP contribution is 2.20. The van der Waals surface area contributed by atoms with E-state index < -0.39 is 15.6 Å². The Morgan fingerprint density at radius 3 is 2.38 bits per heavy atom. The number of carbonyl (C=O) groups is 1. The lowest BCUT2D eigenvalue weighted by molar-refractivity contribution is 0.0955. The van der Waals surface area contributed by atoms with Crippen LogP contribution in [0.2, 0.25) is 0 Å². The summed E-state index contributed by atoms with van der Waals surface area (Å²) in [4.78, 5) is 11.6. The zero-order valence-corrected chi connectivity index (χ0v) is 13.6. The smallest absolute Gasteiger partial charge is 0.267 e. The Kier molecular flexibility index (Phi) is 5.54. The van der Waals surface area contributed by atoms with Crippen LogP contribution in [0.15, 0.2) is 17.2 Å². The Bertz CT molecular complexity index is 595. The molecule has 0 bridgehead atoms. The van der Waals surface area contributed by atoms with E-state index in [0.717, 1.165) is 0 Å². The molecule has 1 amide bonds. The van der Waals surface area contributed by atoms with Gasteiger partial charge in [0, 0.05) is 20.3 Å². The van der Waals surface area contributed by atoms with Crippen LogP contribution < -0.4 is 10.0 Å². The second-order valence-corrected chi connectivity index (χ2v) is 6.68. The van der Waals surface area contributed by atoms with Gasteiger partial charge in [-0.3, -0.25) is 4.79 Å². The summed E-state index contributed by atoms with van der Waals surface area (Å²) in [6.45, 7) is 3.33. The summed E-state index contributed by atoms with van der Waals surface area (Å²) in [6, 6.07) is 1.31. The van der Waals surface area contributed by atoms with Gasteiger partial charge in [-0.25, -0.2) is 13.1 Å². The van der Waals surface area contributed by atoms with E-state index >= 15 is 0 Å². The minimum Gasteiger partial charge on any atom is -0.394 e. The minimum absolute atomic E-state index is 0.00308. The number of aliphatic hydroxyl groups excluding tert-OH is 1. The van der Waals surface area contributed by atoms with Gasteiger partial charge in [0.25, 0.3) is 5.91 Å². The number of nitrogens with zero attached hydrogens (tertiary/aromatic N) is 1. The SMILES string of the molecule is CCC(CC)(CO)NS(=O)(=O)c1cc(C(=O)NC)n(C)c1. The van der Waals surface area contributed by atoms with E-state index in [0.29, 0.717) is 12.8 Å². The molecule has 0 fully saturated rings. The molecule has 0 aliphatic carbocycles. The van der Waals surface area contributed by atoms with Crippen molar-refractivity contribution in [3.8, 4) is 0 Å². The number of aryl methyl sites for hydroxylation is 1. The van der Waals surface area contributed by atoms with E-state index in [-0.39, 0.29) is 23.1 Å². The van der Waals surface area contributed by atoms with Gasteiger partial charge >= 0.3 is 0 Å². The average molecular weight is 317 g/mol. The first-order chi connectivity index (χ1) is 9.75. The molecule has 0 aromatic carbocycles. The first kappa shape index (κ1) is 17.7. The Hall–Kier alpha value is -1.38. The topological polar surface area (TPSA) is 100 Å². The molecule has 0 aliphatic rings. The highest BCUT2D eigenvalue weighted by molar-refractivity contribution is 7.89. The van der Waals surface area contributed by atoms with Gasteiger partial charge in [0.1, 0.15) is 10.6 Å². The summed E-state index contributed by atoms with van der Waals surface area (Å²) < 4.78 is 28.9. The number of amides is 1. The summed E-state index contributed by atoms with van der Waals surface area (Å²) >= 11 is 0. The van der Waals surface area contributed by atoms with Crippen molar-refractivity contribution in [2.24, 2.45) is 7.05 Å². The molecule has 0 saturated carbocycles. The van der Waals surface area contributed by atoms with Crippen LogP contribution in [0.1, 0.15) is 37.2 Å². The number of sulfonamides is 1. The lowest BCUT2D eigenvalue weighted by Crippen LogP contribution is -2.50. The number of nitrogens with one attached hydrogen (secondary N) is 2. The molecule has 0 atom stereocenters. The lowest BCUT2D eigenvalue weighted by Gasteiger charge is -2.29. The van der Waals surface area contributed by atoms with Crippen LogP contribution in [0.5, 0.6) is 0 Å². The van der Waals surface area contributed by atoms with Gasteiger partial charge in [-0.2, -0.15) is 0 Å². The summed E-state index contributed by atoms with van der Waals surface area (Å²) in [7, 11) is -0.730. The number of aromatic nitrogens is 1. The van der Waals surface area contributed by atoms with Gasteiger partial charge in [-0.15, -0.1) is 0 Å². The maximum Gasteiger partial charge on any atom is 0.267 e. The Morgan fingerprint density at radius 1 is 1.38 bits per heavy atom. The van der Waals surface area contributed by atoms with Gasteiger partial charge < -0.3 is 15.0 Å². The van der Waals surface area contributed by atoms with Crippen LogP contribution in [0.4, 0.5) is 0 Å². The van der Waals surface area contributed by atoms with Gasteiger partial charge in [0.15, 0.2) is 0 Å². The number of aliphatic hydroxyl groups is 1. The van der Waals surface area contributed by atoms with Crippen molar-refractivity contribution in [3.63, 3.8) is 0 Å². The molecule has 120 valence electrons. The highest BCUT2D eigenvalue weighted by atomic mass is 32.2. The fourth-order valence-electron chi connectivity index (χ4n) is 2.03. The van der Waals surface area contributed by atoms with Gasteiger partial charge in [-0.1, -0.05) is 13.8 Å². The predicted octanol–water partition coefficient (Wildman–Crippen LogP) is 0.214. The molecule has 0 saturated heterocycles. The number of hydrogen-bond acceptors (Lipinski definition) is 4. The van der Waals surface area contributed by atoms with Crippen LogP contribution in [0, 0.1) is 0 Å². The zero-order chi connectivity index (χ0) is 16.3. The van der Waals surface area contributed by atoms with Crippen molar-refractivity contribution in [1.82, 2.24) is 14.6 Å². The van der Waals surface area contributed by atoms with Crippen molar-refractivity contribution in [2.45, 2.75) is 37.1 Å². The Balaban J connectivity index is 3.17. The van der Waals surface area contributed by atoms with Crippen molar-refractivity contribution < 1.29 is 18.3 Å². The van der Waals surface area contributed by atoms with Crippen LogP contribution in [0.3, 0.4) is 0 Å². The van der Waals surface area contributed by atoms with E-state index in [1.165, 1.54) is 23.9 Å². The molecule has 0 aliphatic heterocycles. The highest BCUT2D eigenvalue weighted by Gasteiger charge is 2.32. The predicted molar refractivity (Wildman–Crippen MR) is 79.5 cm³/mol. The molecule has 7 nitrogen and oxygen atoms in total. The van der Waals surface area contributed by atoms with Crippen molar-refractivity contribution >= 4 is 15.9 Å².